The van der Waals surface area contributed by atoms with Crippen molar-refractivity contribution >= 4 is 17.5 Å². The van der Waals surface area contributed by atoms with Crippen LogP contribution in [0.5, 0.6) is 11.5 Å². The smallest absolute Gasteiger partial charge is 0.374 e. The molecule has 0 aliphatic carbocycles. The number of aromatic nitrogens is 1. The van der Waals surface area contributed by atoms with Gasteiger partial charge in [0.1, 0.15) is 13.2 Å². The summed E-state index contributed by atoms with van der Waals surface area (Å²) in [6.45, 7) is 0.613. The Morgan fingerprint density at radius 1 is 0.871 bits per heavy atom. The molecule has 7 nitrogen and oxygen atoms in total. The predicted octanol–water partition coefficient (Wildman–Crippen LogP) is 3.74. The summed E-state index contributed by atoms with van der Waals surface area (Å²) in [4.78, 5) is 27.3. The lowest BCUT2D eigenvalue weighted by atomic mass is 10.1. The molecule has 0 saturated heterocycles. The highest BCUT2D eigenvalue weighted by atomic mass is 16.5. The van der Waals surface area contributed by atoms with E-state index in [9.17, 15) is 9.59 Å². The van der Waals surface area contributed by atoms with E-state index in [1.807, 2.05) is 60.7 Å². The highest BCUT2D eigenvalue weighted by Gasteiger charge is 2.19. The number of esters is 1. The lowest BCUT2D eigenvalue weighted by Gasteiger charge is -2.14. The third kappa shape index (κ3) is 6.24. The maximum Gasteiger partial charge on any atom is 0.374 e. The summed E-state index contributed by atoms with van der Waals surface area (Å²) in [6.07, 6.45) is 1.04. The number of hydrogen-bond donors (Lipinski definition) is 1. The number of ketones is 1. The Hall–Kier alpha value is -4.00. The minimum Gasteiger partial charge on any atom is -0.485 e. The van der Waals surface area contributed by atoms with Gasteiger partial charge in [0, 0.05) is 6.07 Å². The lowest BCUT2D eigenvalue weighted by molar-refractivity contribution is -0.151. The molecule has 7 heteroatoms. The van der Waals surface area contributed by atoms with Gasteiger partial charge in [0.2, 0.25) is 5.78 Å². The molecular weight excluding hydrogens is 396 g/mol. The molecule has 0 amide bonds. The molecule has 0 bridgehead atoms. The average Bonchev–Trinajstić information content (AvgIpc) is 2.82. The van der Waals surface area contributed by atoms with Crippen LogP contribution in [0.4, 0.5) is 0 Å². The Morgan fingerprint density at radius 3 is 1.97 bits per heavy atom. The van der Waals surface area contributed by atoms with E-state index in [1.165, 1.54) is 12.3 Å². The second-order valence-corrected chi connectivity index (χ2v) is 6.63. The zero-order valence-electron chi connectivity index (χ0n) is 17.0. The van der Waals surface area contributed by atoms with Crippen molar-refractivity contribution < 1.29 is 23.8 Å². The fourth-order valence-corrected chi connectivity index (χ4v) is 2.72. The maximum absolute atomic E-state index is 11.8. The second kappa shape index (κ2) is 10.7. The summed E-state index contributed by atoms with van der Waals surface area (Å²) in [6, 6.07) is 20.8. The molecule has 0 spiro atoms. The normalized spacial score (nSPS) is 10.2. The van der Waals surface area contributed by atoms with Gasteiger partial charge >= 0.3 is 5.97 Å². The van der Waals surface area contributed by atoms with Gasteiger partial charge in [-0.25, -0.2) is 4.79 Å². The van der Waals surface area contributed by atoms with Crippen LogP contribution >= 0.6 is 0 Å². The van der Waals surface area contributed by atoms with E-state index >= 15 is 0 Å². The van der Waals surface area contributed by atoms with Crippen molar-refractivity contribution in [1.29, 1.82) is 5.41 Å². The Labute approximate surface area is 180 Å². The number of Topliss-reactive ketones (excluding diaryl/α,β-unsaturated/α-hetero) is 1. The molecule has 1 heterocycles. The van der Waals surface area contributed by atoms with Crippen molar-refractivity contribution in [2.45, 2.75) is 19.6 Å². The quantitative estimate of drug-likeness (QED) is 0.306. The van der Waals surface area contributed by atoms with Crippen molar-refractivity contribution in [2.75, 3.05) is 7.11 Å². The van der Waals surface area contributed by atoms with Gasteiger partial charge in [-0.15, -0.1) is 0 Å². The first-order chi connectivity index (χ1) is 15.1. The molecule has 3 rings (SSSR count). The summed E-state index contributed by atoms with van der Waals surface area (Å²) >= 11 is 0. The van der Waals surface area contributed by atoms with Gasteiger partial charge in [0.25, 0.3) is 0 Å². The van der Waals surface area contributed by atoms with Crippen molar-refractivity contribution in [3.63, 3.8) is 0 Å². The third-order valence-corrected chi connectivity index (χ3v) is 4.37. The van der Waals surface area contributed by atoms with Crippen LogP contribution in [-0.2, 0) is 27.5 Å². The molecule has 31 heavy (non-hydrogen) atoms. The standard InChI is InChI=1S/C24H22N2O5/c1-29-24(28)21(27)12-19(25)20-13-22(30-15-17-8-4-2-5-9-17)23(14-26-20)31-16-18-10-6-3-7-11-18/h2-11,13-14,25H,12,15-16H2,1H3. The van der Waals surface area contributed by atoms with E-state index < -0.39 is 18.2 Å². The molecule has 0 fully saturated rings. The molecule has 0 saturated carbocycles. The number of pyridine rings is 1. The van der Waals surface area contributed by atoms with Crippen LogP contribution < -0.4 is 9.47 Å². The highest BCUT2D eigenvalue weighted by molar-refractivity contribution is 6.38. The monoisotopic (exact) mass is 418 g/mol. The zero-order chi connectivity index (χ0) is 22.1. The SMILES string of the molecule is COC(=O)C(=O)CC(=N)c1cc(OCc2ccccc2)c(OCc2ccccc2)cn1. The number of benzene rings is 2. The zero-order valence-corrected chi connectivity index (χ0v) is 17.0. The van der Waals surface area contributed by atoms with Crippen molar-refractivity contribution in [1.82, 2.24) is 4.98 Å². The van der Waals surface area contributed by atoms with Gasteiger partial charge in [0.15, 0.2) is 11.5 Å². The molecule has 0 unspecified atom stereocenters. The van der Waals surface area contributed by atoms with Crippen molar-refractivity contribution in [2.24, 2.45) is 0 Å². The van der Waals surface area contributed by atoms with E-state index in [0.29, 0.717) is 24.7 Å². The summed E-state index contributed by atoms with van der Waals surface area (Å²) < 4.78 is 16.2. The molecule has 0 aliphatic heterocycles. The number of methoxy groups -OCH3 is 1. The first-order valence-corrected chi connectivity index (χ1v) is 9.59. The Balaban J connectivity index is 1.79. The van der Waals surface area contributed by atoms with E-state index in [0.717, 1.165) is 18.2 Å². The highest BCUT2D eigenvalue weighted by Crippen LogP contribution is 2.29. The first-order valence-electron chi connectivity index (χ1n) is 9.59. The number of carbonyl (C=O) groups excluding carboxylic acids is 2. The number of rotatable bonds is 10. The fraction of sp³-hybridized carbons (Fsp3) is 0.167. The molecule has 3 aromatic rings. The lowest BCUT2D eigenvalue weighted by Crippen LogP contribution is -2.20. The number of nitrogens with zero attached hydrogens (tertiary/aromatic N) is 1. The summed E-state index contributed by atoms with van der Waals surface area (Å²) in [5.41, 5.74) is 2.05. The second-order valence-electron chi connectivity index (χ2n) is 6.63. The minimum atomic E-state index is -0.992. The molecule has 0 aliphatic rings. The molecule has 2 aromatic carbocycles. The van der Waals surface area contributed by atoms with Gasteiger partial charge < -0.3 is 19.6 Å². The van der Waals surface area contributed by atoms with Gasteiger partial charge in [0.05, 0.1) is 31.1 Å². The van der Waals surface area contributed by atoms with Crippen LogP contribution in [0.3, 0.4) is 0 Å². The van der Waals surface area contributed by atoms with E-state index in [-0.39, 0.29) is 11.4 Å². The van der Waals surface area contributed by atoms with Crippen LogP contribution in [0.1, 0.15) is 23.2 Å². The number of hydrogen-bond acceptors (Lipinski definition) is 7. The largest absolute Gasteiger partial charge is 0.485 e. The van der Waals surface area contributed by atoms with Crippen LogP contribution in [0.25, 0.3) is 0 Å². The molecular formula is C24H22N2O5. The van der Waals surface area contributed by atoms with Crippen LogP contribution in [0.2, 0.25) is 0 Å². The van der Waals surface area contributed by atoms with E-state index in [4.69, 9.17) is 14.9 Å². The molecule has 1 aromatic heterocycles. The summed E-state index contributed by atoms with van der Waals surface area (Å²) in [7, 11) is 1.12. The predicted molar refractivity (Wildman–Crippen MR) is 114 cm³/mol. The Morgan fingerprint density at radius 2 is 1.42 bits per heavy atom. The summed E-state index contributed by atoms with van der Waals surface area (Å²) in [5.74, 6) is -1.01. The fourth-order valence-electron chi connectivity index (χ4n) is 2.72. The Bertz CT molecular complexity index is 1050. The number of carbonyl (C=O) groups is 2. The third-order valence-electron chi connectivity index (χ3n) is 4.37. The van der Waals surface area contributed by atoms with Gasteiger partial charge in [-0.05, 0) is 11.1 Å². The van der Waals surface area contributed by atoms with E-state index in [1.54, 1.807) is 0 Å². The van der Waals surface area contributed by atoms with Gasteiger partial charge in [-0.3, -0.25) is 9.78 Å². The van der Waals surface area contributed by atoms with Gasteiger partial charge in [-0.1, -0.05) is 60.7 Å². The molecule has 0 atom stereocenters. The van der Waals surface area contributed by atoms with Gasteiger partial charge in [-0.2, -0.15) is 0 Å². The molecule has 0 radical (unpaired) electrons. The number of ether oxygens (including phenoxy) is 3. The topological polar surface area (TPSA) is 98.6 Å². The minimum absolute atomic E-state index is 0.116. The van der Waals surface area contributed by atoms with Crippen LogP contribution in [0, 0.1) is 5.41 Å². The van der Waals surface area contributed by atoms with Crippen LogP contribution in [0.15, 0.2) is 72.9 Å². The molecule has 158 valence electrons. The summed E-state index contributed by atoms with van der Waals surface area (Å²) in [5, 5.41) is 8.14. The average molecular weight is 418 g/mol. The number of nitrogens with one attached hydrogen (secondary N) is 1. The Kier molecular flexibility index (Phi) is 7.48. The van der Waals surface area contributed by atoms with Crippen molar-refractivity contribution in [3.05, 3.63) is 89.7 Å². The van der Waals surface area contributed by atoms with Crippen molar-refractivity contribution in [3.8, 4) is 11.5 Å². The molecule has 1 N–H and O–H groups in total. The van der Waals surface area contributed by atoms with Crippen LogP contribution in [-0.4, -0.2) is 29.6 Å². The maximum atomic E-state index is 11.8. The first kappa shape index (κ1) is 21.7. The van der Waals surface area contributed by atoms with E-state index in [2.05, 4.69) is 9.72 Å².